The van der Waals surface area contributed by atoms with E-state index in [9.17, 15) is 0 Å². The molecule has 1 aromatic rings. The predicted molar refractivity (Wildman–Crippen MR) is 101 cm³/mol. The van der Waals surface area contributed by atoms with Crippen LogP contribution in [0.4, 0.5) is 5.69 Å². The molecular formula is C21H38N+. The van der Waals surface area contributed by atoms with Gasteiger partial charge in [-0.3, -0.25) is 4.48 Å². The molecule has 0 atom stereocenters. The molecule has 0 bridgehead atoms. The van der Waals surface area contributed by atoms with Crippen LogP contribution in [0.3, 0.4) is 0 Å². The van der Waals surface area contributed by atoms with Crippen LogP contribution in [0.2, 0.25) is 0 Å². The van der Waals surface area contributed by atoms with Crippen LogP contribution in [0.1, 0.15) is 78.6 Å². The summed E-state index contributed by atoms with van der Waals surface area (Å²) in [6, 6.07) is 11.3. The van der Waals surface area contributed by atoms with Gasteiger partial charge < -0.3 is 0 Å². The summed E-state index contributed by atoms with van der Waals surface area (Å²) >= 11 is 0. The van der Waals surface area contributed by atoms with Crippen molar-refractivity contribution in [1.29, 1.82) is 0 Å². The third-order valence-corrected chi connectivity index (χ3v) is 4.87. The lowest BCUT2D eigenvalue weighted by Crippen LogP contribution is -2.51. The molecule has 0 N–H and O–H groups in total. The van der Waals surface area contributed by atoms with Gasteiger partial charge in [-0.25, -0.2) is 0 Å². The van der Waals surface area contributed by atoms with Crippen LogP contribution in [-0.4, -0.2) is 19.6 Å². The van der Waals surface area contributed by atoms with Gasteiger partial charge in [-0.15, -0.1) is 0 Å². The van der Waals surface area contributed by atoms with Crippen LogP contribution in [0.25, 0.3) is 0 Å². The lowest BCUT2D eigenvalue weighted by Gasteiger charge is -2.39. The van der Waals surface area contributed by atoms with E-state index in [0.717, 1.165) is 0 Å². The average Bonchev–Trinajstić information content (AvgIpc) is 2.56. The van der Waals surface area contributed by atoms with Gasteiger partial charge in [0.2, 0.25) is 0 Å². The minimum atomic E-state index is 1.22. The number of hydrogen-bond donors (Lipinski definition) is 0. The molecule has 0 amide bonds. The molecule has 1 heteroatoms. The largest absolute Gasteiger partial charge is 0.291 e. The topological polar surface area (TPSA) is 0 Å². The summed E-state index contributed by atoms with van der Waals surface area (Å²) in [7, 11) is 0. The normalized spacial score (nSPS) is 11.8. The first-order chi connectivity index (χ1) is 10.8. The fourth-order valence-electron chi connectivity index (χ4n) is 3.46. The van der Waals surface area contributed by atoms with Gasteiger partial charge in [-0.2, -0.15) is 0 Å². The van der Waals surface area contributed by atoms with Gasteiger partial charge in [0.05, 0.1) is 19.6 Å². The maximum Gasteiger partial charge on any atom is 0.132 e. The Morgan fingerprint density at radius 2 is 1.00 bits per heavy atom. The van der Waals surface area contributed by atoms with E-state index in [1.54, 1.807) is 5.69 Å². The fraction of sp³-hybridized carbons (Fsp3) is 0.714. The first-order valence-electron chi connectivity index (χ1n) is 9.70. The van der Waals surface area contributed by atoms with Gasteiger partial charge in [0.15, 0.2) is 0 Å². The van der Waals surface area contributed by atoms with Crippen LogP contribution in [-0.2, 0) is 0 Å². The number of para-hydroxylation sites is 1. The molecular weight excluding hydrogens is 266 g/mol. The van der Waals surface area contributed by atoms with Crippen molar-refractivity contribution in [2.45, 2.75) is 78.6 Å². The molecule has 0 saturated heterocycles. The molecule has 1 rings (SSSR count). The van der Waals surface area contributed by atoms with Crippen molar-refractivity contribution in [2.24, 2.45) is 0 Å². The number of hydrogen-bond acceptors (Lipinski definition) is 0. The number of benzene rings is 1. The number of rotatable bonds is 13. The molecule has 22 heavy (non-hydrogen) atoms. The van der Waals surface area contributed by atoms with E-state index in [1.807, 2.05) is 0 Å². The summed E-state index contributed by atoms with van der Waals surface area (Å²) in [6.07, 6.45) is 12.2. The predicted octanol–water partition coefficient (Wildman–Crippen LogP) is 6.56. The highest BCUT2D eigenvalue weighted by molar-refractivity contribution is 5.42. The lowest BCUT2D eigenvalue weighted by atomic mass is 10.1. The summed E-state index contributed by atoms with van der Waals surface area (Å²) in [4.78, 5) is 0. The summed E-state index contributed by atoms with van der Waals surface area (Å²) in [5.41, 5.74) is 1.55. The zero-order valence-corrected chi connectivity index (χ0v) is 15.3. The van der Waals surface area contributed by atoms with Crippen LogP contribution in [0.5, 0.6) is 0 Å². The van der Waals surface area contributed by atoms with Crippen molar-refractivity contribution >= 4 is 5.69 Å². The quantitative estimate of drug-likeness (QED) is 0.286. The molecule has 0 aliphatic heterocycles. The van der Waals surface area contributed by atoms with Gasteiger partial charge in [0, 0.05) is 0 Å². The van der Waals surface area contributed by atoms with E-state index >= 15 is 0 Å². The summed E-state index contributed by atoms with van der Waals surface area (Å²) in [5.74, 6) is 0. The highest BCUT2D eigenvalue weighted by Gasteiger charge is 2.28. The minimum absolute atomic E-state index is 1.22. The average molecular weight is 305 g/mol. The maximum atomic E-state index is 2.36. The SMILES string of the molecule is CCCCC[N+](CCCCC)(CCCCC)c1ccccc1. The van der Waals surface area contributed by atoms with Crippen LogP contribution in [0, 0.1) is 0 Å². The Bertz CT molecular complexity index is 331. The third-order valence-electron chi connectivity index (χ3n) is 4.87. The standard InChI is InChI=1S/C21H38N/c1-4-7-13-18-22(19-14-8-5-2,20-15-9-6-3)21-16-11-10-12-17-21/h10-12,16-17H,4-9,13-15,18-20H2,1-3H3/q+1. The van der Waals surface area contributed by atoms with Gasteiger partial charge in [0.1, 0.15) is 5.69 Å². The second-order valence-corrected chi connectivity index (χ2v) is 6.77. The van der Waals surface area contributed by atoms with E-state index in [-0.39, 0.29) is 0 Å². The Kier molecular flexibility index (Phi) is 10.2. The molecule has 0 spiro atoms. The molecule has 0 aliphatic carbocycles. The molecule has 126 valence electrons. The molecule has 0 aliphatic rings. The second kappa shape index (κ2) is 11.7. The first kappa shape index (κ1) is 19.2. The Hall–Kier alpha value is -0.820. The summed E-state index contributed by atoms with van der Waals surface area (Å²) < 4.78 is 1.22. The number of nitrogens with zero attached hydrogens (tertiary/aromatic N) is 1. The Labute approximate surface area is 139 Å². The Balaban J connectivity index is 2.88. The molecule has 0 aromatic heterocycles. The van der Waals surface area contributed by atoms with Crippen LogP contribution < -0.4 is 4.48 Å². The number of unbranched alkanes of at least 4 members (excludes halogenated alkanes) is 6. The van der Waals surface area contributed by atoms with Gasteiger partial charge in [-0.05, 0) is 50.7 Å². The molecule has 1 nitrogen and oxygen atoms in total. The molecule has 0 fully saturated rings. The summed E-state index contributed by atoms with van der Waals surface area (Å²) in [5, 5.41) is 0. The molecule has 0 heterocycles. The lowest BCUT2D eigenvalue weighted by molar-refractivity contribution is 0.255. The van der Waals surface area contributed by atoms with Crippen molar-refractivity contribution in [1.82, 2.24) is 4.48 Å². The van der Waals surface area contributed by atoms with E-state index in [1.165, 1.54) is 81.9 Å². The Morgan fingerprint density at radius 3 is 1.36 bits per heavy atom. The molecule has 0 radical (unpaired) electrons. The van der Waals surface area contributed by atoms with E-state index in [4.69, 9.17) is 0 Å². The van der Waals surface area contributed by atoms with Crippen molar-refractivity contribution in [3.05, 3.63) is 30.3 Å². The van der Waals surface area contributed by atoms with Crippen molar-refractivity contribution < 1.29 is 0 Å². The number of quaternary nitrogens is 1. The molecule has 0 saturated carbocycles. The van der Waals surface area contributed by atoms with E-state index in [2.05, 4.69) is 51.1 Å². The van der Waals surface area contributed by atoms with Crippen LogP contribution in [0.15, 0.2) is 30.3 Å². The first-order valence-corrected chi connectivity index (χ1v) is 9.70. The monoisotopic (exact) mass is 304 g/mol. The van der Waals surface area contributed by atoms with Crippen molar-refractivity contribution in [3.63, 3.8) is 0 Å². The highest BCUT2D eigenvalue weighted by Crippen LogP contribution is 2.26. The maximum absolute atomic E-state index is 2.36. The smallest absolute Gasteiger partial charge is 0.132 e. The van der Waals surface area contributed by atoms with Gasteiger partial charge in [-0.1, -0.05) is 58.2 Å². The minimum Gasteiger partial charge on any atom is -0.291 e. The summed E-state index contributed by atoms with van der Waals surface area (Å²) in [6.45, 7) is 10.9. The third kappa shape index (κ3) is 6.52. The van der Waals surface area contributed by atoms with E-state index in [0.29, 0.717) is 0 Å². The van der Waals surface area contributed by atoms with Crippen molar-refractivity contribution in [3.8, 4) is 0 Å². The van der Waals surface area contributed by atoms with Crippen LogP contribution >= 0.6 is 0 Å². The van der Waals surface area contributed by atoms with Crippen molar-refractivity contribution in [2.75, 3.05) is 19.6 Å². The molecule has 1 aromatic carbocycles. The van der Waals surface area contributed by atoms with Gasteiger partial charge in [0.25, 0.3) is 0 Å². The zero-order chi connectivity index (χ0) is 16.1. The fourth-order valence-corrected chi connectivity index (χ4v) is 3.46. The van der Waals surface area contributed by atoms with Gasteiger partial charge >= 0.3 is 0 Å². The zero-order valence-electron chi connectivity index (χ0n) is 15.3. The molecule has 0 unspecified atom stereocenters. The Morgan fingerprint density at radius 1 is 0.591 bits per heavy atom. The van der Waals surface area contributed by atoms with E-state index < -0.39 is 0 Å². The second-order valence-electron chi connectivity index (χ2n) is 6.77. The highest BCUT2D eigenvalue weighted by atomic mass is 15.4.